The molecule has 1 aromatic carbocycles. The predicted molar refractivity (Wildman–Crippen MR) is 152 cm³/mol. The summed E-state index contributed by atoms with van der Waals surface area (Å²) >= 11 is 3.58. The summed E-state index contributed by atoms with van der Waals surface area (Å²) in [6.45, 7) is 10.7. The van der Waals surface area contributed by atoms with E-state index in [0.717, 1.165) is 46.5 Å². The number of carbonyl (C=O) groups is 2. The van der Waals surface area contributed by atoms with Gasteiger partial charge in [-0.25, -0.2) is 0 Å². The quantitative estimate of drug-likeness (QED) is 0.449. The maximum absolute atomic E-state index is 13.2. The Labute approximate surface area is 227 Å². The molecule has 0 radical (unpaired) electrons. The predicted octanol–water partition coefficient (Wildman–Crippen LogP) is 3.54. The first-order valence-corrected chi connectivity index (χ1v) is 13.5. The van der Waals surface area contributed by atoms with Crippen molar-refractivity contribution in [3.63, 3.8) is 0 Å². The van der Waals surface area contributed by atoms with E-state index in [1.54, 1.807) is 6.08 Å². The number of likely N-dealkylation sites (N-methyl/N-ethyl adjacent to an activating group) is 2. The largest absolute Gasteiger partial charge is 0.367 e. The number of carbonyl (C=O) groups excluding carboxylic acids is 2. The number of likely N-dealkylation sites (tertiary alicyclic amines) is 1. The van der Waals surface area contributed by atoms with Gasteiger partial charge >= 0.3 is 0 Å². The zero-order chi connectivity index (χ0) is 27.3. The lowest BCUT2D eigenvalue weighted by Gasteiger charge is -2.32. The fourth-order valence-corrected chi connectivity index (χ4v) is 5.30. The highest BCUT2D eigenvalue weighted by Crippen LogP contribution is 2.32. The minimum atomic E-state index is -0.232. The molecule has 0 saturated carbocycles. The number of halogens is 1. The van der Waals surface area contributed by atoms with Crippen molar-refractivity contribution in [3.05, 3.63) is 73.1 Å². The average molecular weight is 573 g/mol. The van der Waals surface area contributed by atoms with Gasteiger partial charge in [-0.15, -0.1) is 0 Å². The first-order chi connectivity index (χ1) is 17.5. The van der Waals surface area contributed by atoms with Gasteiger partial charge < -0.3 is 25.0 Å². The Morgan fingerprint density at radius 3 is 2.59 bits per heavy atom. The highest BCUT2D eigenvalue weighted by Gasteiger charge is 2.30. The van der Waals surface area contributed by atoms with Crippen LogP contribution in [0.3, 0.4) is 0 Å². The molecule has 1 aromatic heterocycles. The number of pyridine rings is 1. The molecule has 3 rings (SSSR count). The average Bonchev–Trinajstić information content (AvgIpc) is 3.30. The molecule has 2 heterocycles. The molecule has 2 amide bonds. The summed E-state index contributed by atoms with van der Waals surface area (Å²) in [4.78, 5) is 47.2. The van der Waals surface area contributed by atoms with E-state index in [1.165, 1.54) is 0 Å². The van der Waals surface area contributed by atoms with Gasteiger partial charge in [-0.1, -0.05) is 22.0 Å². The summed E-state index contributed by atoms with van der Waals surface area (Å²) in [5.74, 6) is -0.197. The number of benzene rings is 1. The molecular weight excluding hydrogens is 534 g/mol. The summed E-state index contributed by atoms with van der Waals surface area (Å²) in [5.41, 5.74) is 4.41. The van der Waals surface area contributed by atoms with Crippen LogP contribution < -0.4 is 15.8 Å². The van der Waals surface area contributed by atoms with E-state index in [-0.39, 0.29) is 30.0 Å². The molecule has 2 N–H and O–H groups in total. The Bertz CT molecular complexity index is 1240. The molecule has 1 atom stereocenters. The van der Waals surface area contributed by atoms with E-state index < -0.39 is 0 Å². The van der Waals surface area contributed by atoms with Crippen LogP contribution in [-0.2, 0) is 11.3 Å². The summed E-state index contributed by atoms with van der Waals surface area (Å²) in [7, 11) is 3.94. The number of nitrogens with one attached hydrogen (secondary N) is 2. The van der Waals surface area contributed by atoms with E-state index in [2.05, 4.69) is 38.1 Å². The Balaban J connectivity index is 1.77. The zero-order valence-electron chi connectivity index (χ0n) is 22.7. The minimum absolute atomic E-state index is 0.0350. The number of aromatic amines is 1. The molecule has 1 fully saturated rings. The van der Waals surface area contributed by atoms with Gasteiger partial charge in [0.1, 0.15) is 0 Å². The second-order valence-electron chi connectivity index (χ2n) is 9.90. The van der Waals surface area contributed by atoms with Crippen LogP contribution in [0.1, 0.15) is 46.1 Å². The van der Waals surface area contributed by atoms with Crippen LogP contribution in [0.25, 0.3) is 0 Å². The standard InChI is InChI=1S/C28H38BrN5O3/c1-7-34(22-10-12-33(17-22)26(35)9-8-11-32(5)6)25-15-21(29)14-23(20(25)4)27(36)30-16-24-18(2)13-19(3)31-28(24)37/h8-9,13-15,22H,7,10-12,16-17H2,1-6H3,(H,30,36)(H,31,37)/b9-8+. The topological polar surface area (TPSA) is 88.7 Å². The smallest absolute Gasteiger partial charge is 0.253 e. The van der Waals surface area contributed by atoms with Gasteiger partial charge in [0.15, 0.2) is 0 Å². The number of aromatic nitrogens is 1. The number of nitrogens with zero attached hydrogens (tertiary/aromatic N) is 3. The third-order valence-corrected chi connectivity index (χ3v) is 7.26. The molecule has 37 heavy (non-hydrogen) atoms. The van der Waals surface area contributed by atoms with Crippen LogP contribution in [0.15, 0.2) is 39.6 Å². The van der Waals surface area contributed by atoms with Crippen molar-refractivity contribution in [1.29, 1.82) is 0 Å². The van der Waals surface area contributed by atoms with Gasteiger partial charge in [0.2, 0.25) is 5.91 Å². The lowest BCUT2D eigenvalue weighted by atomic mass is 10.0. The van der Waals surface area contributed by atoms with Crippen molar-refractivity contribution in [1.82, 2.24) is 20.1 Å². The van der Waals surface area contributed by atoms with Crippen LogP contribution in [0.5, 0.6) is 0 Å². The number of aryl methyl sites for hydroxylation is 2. The van der Waals surface area contributed by atoms with Crippen molar-refractivity contribution < 1.29 is 9.59 Å². The fraction of sp³-hybridized carbons (Fsp3) is 0.464. The maximum Gasteiger partial charge on any atom is 0.253 e. The molecule has 9 heteroatoms. The SMILES string of the molecule is CCN(c1cc(Br)cc(C(=O)NCc2c(C)cc(C)[nH]c2=O)c1C)C1CCN(C(=O)/C=C/CN(C)C)C1. The van der Waals surface area contributed by atoms with Crippen molar-refractivity contribution in [2.45, 2.75) is 46.7 Å². The van der Waals surface area contributed by atoms with Gasteiger partial charge in [0.25, 0.3) is 11.5 Å². The molecule has 2 aromatic rings. The summed E-state index contributed by atoms with van der Waals surface area (Å²) in [6, 6.07) is 5.91. The molecule has 1 unspecified atom stereocenters. The normalized spacial score (nSPS) is 15.6. The van der Waals surface area contributed by atoms with Crippen molar-refractivity contribution in [3.8, 4) is 0 Å². The second kappa shape index (κ2) is 12.6. The van der Waals surface area contributed by atoms with E-state index in [1.807, 2.05) is 68.9 Å². The lowest BCUT2D eigenvalue weighted by molar-refractivity contribution is -0.125. The Morgan fingerprint density at radius 1 is 1.22 bits per heavy atom. The first-order valence-electron chi connectivity index (χ1n) is 12.7. The summed E-state index contributed by atoms with van der Waals surface area (Å²) < 4.78 is 0.804. The van der Waals surface area contributed by atoms with E-state index in [9.17, 15) is 14.4 Å². The van der Waals surface area contributed by atoms with Crippen molar-refractivity contribution >= 4 is 33.4 Å². The number of hydrogen-bond donors (Lipinski definition) is 2. The Morgan fingerprint density at radius 2 is 1.95 bits per heavy atom. The number of anilines is 1. The van der Waals surface area contributed by atoms with Gasteiger partial charge in [-0.3, -0.25) is 14.4 Å². The number of H-pyrrole nitrogens is 1. The van der Waals surface area contributed by atoms with E-state index >= 15 is 0 Å². The highest BCUT2D eigenvalue weighted by molar-refractivity contribution is 9.10. The maximum atomic E-state index is 13.2. The highest BCUT2D eigenvalue weighted by atomic mass is 79.9. The number of hydrogen-bond acceptors (Lipinski definition) is 5. The van der Waals surface area contributed by atoms with Gasteiger partial charge in [-0.05, 0) is 77.5 Å². The molecule has 200 valence electrons. The molecule has 0 spiro atoms. The zero-order valence-corrected chi connectivity index (χ0v) is 24.2. The molecule has 0 aliphatic carbocycles. The van der Waals surface area contributed by atoms with Crippen LogP contribution in [0.2, 0.25) is 0 Å². The number of amides is 2. The van der Waals surface area contributed by atoms with E-state index in [0.29, 0.717) is 24.2 Å². The molecule has 1 saturated heterocycles. The molecule has 0 bridgehead atoms. The lowest BCUT2D eigenvalue weighted by Crippen LogP contribution is -2.39. The monoisotopic (exact) mass is 571 g/mol. The second-order valence-corrected chi connectivity index (χ2v) is 10.8. The van der Waals surface area contributed by atoms with Gasteiger partial charge in [-0.2, -0.15) is 0 Å². The molecule has 8 nitrogen and oxygen atoms in total. The molecule has 1 aliphatic rings. The van der Waals surface area contributed by atoms with Crippen molar-refractivity contribution in [2.24, 2.45) is 0 Å². The van der Waals surface area contributed by atoms with Gasteiger partial charge in [0.05, 0.1) is 0 Å². The van der Waals surface area contributed by atoms with Crippen LogP contribution in [-0.4, -0.2) is 72.9 Å². The first kappa shape index (κ1) is 28.7. The van der Waals surface area contributed by atoms with Crippen LogP contribution in [0.4, 0.5) is 5.69 Å². The van der Waals surface area contributed by atoms with Crippen LogP contribution >= 0.6 is 15.9 Å². The Hall–Kier alpha value is -2.91. The molecular formula is C28H38BrN5O3. The molecule has 1 aliphatic heterocycles. The summed E-state index contributed by atoms with van der Waals surface area (Å²) in [6.07, 6.45) is 4.42. The Kier molecular flexibility index (Phi) is 9.73. The third kappa shape index (κ3) is 7.11. The van der Waals surface area contributed by atoms with E-state index in [4.69, 9.17) is 0 Å². The summed E-state index contributed by atoms with van der Waals surface area (Å²) in [5, 5.41) is 2.93. The van der Waals surface area contributed by atoms with Crippen molar-refractivity contribution in [2.75, 3.05) is 45.2 Å². The minimum Gasteiger partial charge on any atom is -0.367 e. The third-order valence-electron chi connectivity index (χ3n) is 6.81. The fourth-order valence-electron chi connectivity index (χ4n) is 4.86. The number of rotatable bonds is 9. The van der Waals surface area contributed by atoms with Gasteiger partial charge in [0, 0.05) is 71.8 Å². The van der Waals surface area contributed by atoms with Crippen LogP contribution in [0, 0.1) is 20.8 Å².